The fraction of sp³-hybridized carbons (Fsp3) is 0.143. The number of halogens is 4. The quantitative estimate of drug-likeness (QED) is 0.280. The van der Waals surface area contributed by atoms with Crippen LogP contribution in [0.1, 0.15) is 5.56 Å². The maximum atomic E-state index is 13.2. The molecular weight excluding hydrogens is 382 g/mol. The van der Waals surface area contributed by atoms with Crippen molar-refractivity contribution in [2.45, 2.75) is 6.36 Å². The third kappa shape index (κ3) is 5.58. The Balaban J connectivity index is 2.17. The van der Waals surface area contributed by atoms with Crippen LogP contribution in [0.15, 0.2) is 39.4 Å². The Morgan fingerprint density at radius 1 is 1.35 bits per heavy atom. The zero-order valence-electron chi connectivity index (χ0n) is 12.8. The summed E-state index contributed by atoms with van der Waals surface area (Å²) in [5.74, 6) is -2.85. The minimum absolute atomic E-state index is 0.00218. The number of nitrogens with one attached hydrogen (secondary N) is 1. The molecule has 1 aromatic carbocycles. The first-order chi connectivity index (χ1) is 12.2. The van der Waals surface area contributed by atoms with Gasteiger partial charge in [-0.05, 0) is 30.0 Å². The van der Waals surface area contributed by atoms with Crippen LogP contribution in [0.25, 0.3) is 0 Å². The Kier molecular flexibility index (Phi) is 5.97. The molecule has 1 N–H and O–H groups in total. The second-order valence-corrected chi connectivity index (χ2v) is 5.50. The Hall–Kier alpha value is -2.89. The molecule has 2 rings (SSSR count). The van der Waals surface area contributed by atoms with Crippen molar-refractivity contribution in [1.29, 1.82) is 0 Å². The van der Waals surface area contributed by atoms with Crippen molar-refractivity contribution in [3.63, 3.8) is 0 Å². The van der Waals surface area contributed by atoms with E-state index in [2.05, 4.69) is 25.0 Å². The van der Waals surface area contributed by atoms with Crippen LogP contribution in [0.3, 0.4) is 0 Å². The van der Waals surface area contributed by atoms with E-state index in [-0.39, 0.29) is 15.6 Å². The van der Waals surface area contributed by atoms with Crippen molar-refractivity contribution in [2.24, 2.45) is 10.2 Å². The molecule has 1 aromatic rings. The number of amidine groups is 1. The highest BCUT2D eigenvalue weighted by Crippen LogP contribution is 2.26. The number of rotatable bonds is 4. The molecule has 0 aliphatic carbocycles. The average molecular weight is 391 g/mol. The average Bonchev–Trinajstić information content (AvgIpc) is 2.88. The standard InChI is InChI=1S/C14H9F4N3O4S/c1-24-11(22)5-10-12(23)20-13(26-10)21-19-6-7-4-8(15)2-3-9(7)25-14(16,17)18/h2-6H,1H3,(H,20,21,23)/b10-5+,19-6?. The predicted octanol–water partition coefficient (Wildman–Crippen LogP) is 2.33. The first kappa shape index (κ1) is 19.4. The van der Waals surface area contributed by atoms with Crippen LogP contribution in [-0.4, -0.2) is 36.7 Å². The van der Waals surface area contributed by atoms with Crippen LogP contribution in [0.5, 0.6) is 5.75 Å². The van der Waals surface area contributed by atoms with Gasteiger partial charge >= 0.3 is 12.3 Å². The highest BCUT2D eigenvalue weighted by molar-refractivity contribution is 8.18. The lowest BCUT2D eigenvalue weighted by molar-refractivity contribution is -0.274. The number of carbonyl (C=O) groups excluding carboxylic acids is 2. The van der Waals surface area contributed by atoms with Gasteiger partial charge in [-0.1, -0.05) is 0 Å². The number of methoxy groups -OCH3 is 1. The topological polar surface area (TPSA) is 89.3 Å². The maximum absolute atomic E-state index is 13.2. The SMILES string of the molecule is COC(=O)/C=C1/S/C(=N\N=Cc2cc(F)ccc2OC(F)(F)F)NC1=O. The number of hydrogen-bond acceptors (Lipinski definition) is 7. The van der Waals surface area contributed by atoms with Gasteiger partial charge in [0.15, 0.2) is 5.17 Å². The van der Waals surface area contributed by atoms with E-state index in [9.17, 15) is 27.2 Å². The van der Waals surface area contributed by atoms with Gasteiger partial charge in [-0.25, -0.2) is 9.18 Å². The van der Waals surface area contributed by atoms with Crippen LogP contribution < -0.4 is 10.1 Å². The number of thioether (sulfide) groups is 1. The minimum Gasteiger partial charge on any atom is -0.466 e. The van der Waals surface area contributed by atoms with Gasteiger partial charge in [-0.15, -0.1) is 18.3 Å². The molecule has 0 saturated carbocycles. The molecule has 1 aliphatic rings. The number of benzene rings is 1. The summed E-state index contributed by atoms with van der Waals surface area (Å²) in [7, 11) is 1.13. The van der Waals surface area contributed by atoms with E-state index < -0.39 is 29.8 Å². The highest BCUT2D eigenvalue weighted by atomic mass is 32.2. The Bertz CT molecular complexity index is 821. The van der Waals surface area contributed by atoms with Gasteiger partial charge in [0.05, 0.1) is 18.2 Å². The molecule has 0 radical (unpaired) electrons. The summed E-state index contributed by atoms with van der Waals surface area (Å²) in [5, 5.41) is 9.33. The van der Waals surface area contributed by atoms with E-state index in [0.717, 1.165) is 49.4 Å². The van der Waals surface area contributed by atoms with Crippen LogP contribution in [0.4, 0.5) is 17.6 Å². The lowest BCUT2D eigenvalue weighted by Crippen LogP contribution is -2.19. The lowest BCUT2D eigenvalue weighted by Gasteiger charge is -2.10. The first-order valence-corrected chi connectivity index (χ1v) is 7.45. The Morgan fingerprint density at radius 3 is 2.73 bits per heavy atom. The molecule has 0 bridgehead atoms. The summed E-state index contributed by atoms with van der Waals surface area (Å²) >= 11 is 0.766. The zero-order valence-corrected chi connectivity index (χ0v) is 13.7. The lowest BCUT2D eigenvalue weighted by atomic mass is 10.2. The van der Waals surface area contributed by atoms with Crippen molar-refractivity contribution in [2.75, 3.05) is 7.11 Å². The normalized spacial score (nSPS) is 17.8. The summed E-state index contributed by atoms with van der Waals surface area (Å²) in [4.78, 5) is 22.7. The monoisotopic (exact) mass is 391 g/mol. The molecule has 1 fully saturated rings. The van der Waals surface area contributed by atoms with Gasteiger partial charge in [-0.2, -0.15) is 5.10 Å². The molecule has 7 nitrogen and oxygen atoms in total. The van der Waals surface area contributed by atoms with Crippen molar-refractivity contribution >= 4 is 35.0 Å². The van der Waals surface area contributed by atoms with Crippen LogP contribution in [-0.2, 0) is 14.3 Å². The number of amides is 1. The van der Waals surface area contributed by atoms with Crippen molar-refractivity contribution in [3.05, 3.63) is 40.6 Å². The third-order valence-corrected chi connectivity index (χ3v) is 3.54. The molecule has 0 aromatic heterocycles. The number of alkyl halides is 3. The van der Waals surface area contributed by atoms with Gasteiger partial charge in [-0.3, -0.25) is 10.1 Å². The van der Waals surface area contributed by atoms with E-state index in [0.29, 0.717) is 0 Å². The maximum Gasteiger partial charge on any atom is 0.573 e. The second-order valence-electron chi connectivity index (χ2n) is 4.47. The fourth-order valence-electron chi connectivity index (χ4n) is 1.62. The molecular formula is C14H9F4N3O4S. The summed E-state index contributed by atoms with van der Waals surface area (Å²) in [6, 6.07) is 2.36. The summed E-state index contributed by atoms with van der Waals surface area (Å²) in [5.41, 5.74) is -0.314. The molecule has 0 atom stereocenters. The molecule has 12 heteroatoms. The second kappa shape index (κ2) is 7.99. The Labute approximate surface area is 147 Å². The molecule has 1 amide bonds. The van der Waals surface area contributed by atoms with E-state index in [1.807, 2.05) is 0 Å². The summed E-state index contributed by atoms with van der Waals surface area (Å²) < 4.78 is 58.3. The molecule has 138 valence electrons. The smallest absolute Gasteiger partial charge is 0.466 e. The number of esters is 1. The minimum atomic E-state index is -4.96. The van der Waals surface area contributed by atoms with Gasteiger partial charge in [0.1, 0.15) is 11.6 Å². The van der Waals surface area contributed by atoms with Crippen molar-refractivity contribution in [3.8, 4) is 5.75 Å². The molecule has 26 heavy (non-hydrogen) atoms. The van der Waals surface area contributed by atoms with E-state index >= 15 is 0 Å². The Morgan fingerprint density at radius 2 is 2.08 bits per heavy atom. The molecule has 1 heterocycles. The van der Waals surface area contributed by atoms with Gasteiger partial charge < -0.3 is 9.47 Å². The van der Waals surface area contributed by atoms with Gasteiger partial charge in [0, 0.05) is 11.6 Å². The van der Waals surface area contributed by atoms with Crippen LogP contribution in [0.2, 0.25) is 0 Å². The number of carbonyl (C=O) groups is 2. The van der Waals surface area contributed by atoms with Crippen LogP contribution >= 0.6 is 11.8 Å². The van der Waals surface area contributed by atoms with Crippen molar-refractivity contribution < 1.29 is 36.6 Å². The number of nitrogens with zero attached hydrogens (tertiary/aromatic N) is 2. The summed E-state index contributed by atoms with van der Waals surface area (Å²) in [6.45, 7) is 0. The summed E-state index contributed by atoms with van der Waals surface area (Å²) in [6.07, 6.45) is -3.20. The third-order valence-electron chi connectivity index (χ3n) is 2.64. The zero-order chi connectivity index (χ0) is 19.3. The highest BCUT2D eigenvalue weighted by Gasteiger charge is 2.32. The van der Waals surface area contributed by atoms with E-state index in [1.54, 1.807) is 0 Å². The van der Waals surface area contributed by atoms with E-state index in [1.165, 1.54) is 0 Å². The number of hydrogen-bond donors (Lipinski definition) is 1. The van der Waals surface area contributed by atoms with Crippen LogP contribution in [0, 0.1) is 5.82 Å². The van der Waals surface area contributed by atoms with Gasteiger partial charge in [0.25, 0.3) is 5.91 Å². The van der Waals surface area contributed by atoms with E-state index in [4.69, 9.17) is 0 Å². The van der Waals surface area contributed by atoms with Gasteiger partial charge in [0.2, 0.25) is 0 Å². The fourth-order valence-corrected chi connectivity index (χ4v) is 2.36. The first-order valence-electron chi connectivity index (χ1n) is 6.63. The molecule has 0 spiro atoms. The number of ether oxygens (including phenoxy) is 2. The molecule has 0 unspecified atom stereocenters. The van der Waals surface area contributed by atoms with Crippen molar-refractivity contribution in [1.82, 2.24) is 5.32 Å². The molecule has 1 saturated heterocycles. The predicted molar refractivity (Wildman–Crippen MR) is 83.9 cm³/mol. The largest absolute Gasteiger partial charge is 0.573 e. The molecule has 1 aliphatic heterocycles.